The van der Waals surface area contributed by atoms with Crippen molar-refractivity contribution in [1.29, 1.82) is 0 Å². The molecule has 1 N–H and O–H groups in total. The lowest BCUT2D eigenvalue weighted by atomic mass is 9.89. The molecule has 1 aromatic carbocycles. The summed E-state index contributed by atoms with van der Waals surface area (Å²) in [6.07, 6.45) is 6.50. The van der Waals surface area contributed by atoms with Crippen LogP contribution in [0.25, 0.3) is 0 Å². The molecule has 132 valence electrons. The molecule has 5 nitrogen and oxygen atoms in total. The van der Waals surface area contributed by atoms with Crippen LogP contribution in [0.3, 0.4) is 0 Å². The van der Waals surface area contributed by atoms with Gasteiger partial charge in [0.15, 0.2) is 0 Å². The number of rotatable bonds is 4. The molecule has 3 fully saturated rings. The minimum atomic E-state index is -3.45. The fourth-order valence-corrected chi connectivity index (χ4v) is 5.53. The van der Waals surface area contributed by atoms with Gasteiger partial charge in [-0.3, -0.25) is 4.90 Å². The number of benzene rings is 1. The molecule has 2 aliphatic heterocycles. The van der Waals surface area contributed by atoms with Crippen molar-refractivity contribution in [3.8, 4) is 0 Å². The quantitative estimate of drug-likeness (QED) is 0.904. The van der Waals surface area contributed by atoms with E-state index >= 15 is 0 Å². The van der Waals surface area contributed by atoms with Gasteiger partial charge in [-0.2, -0.15) is 0 Å². The SMILES string of the molecule is O=S(=O)(N[C@H]1CCO[C@@]2(CCN(C3CCC3)C2)C1)c1ccccc1. The molecule has 2 heterocycles. The standard InChI is InChI=1S/C18H26N2O3S/c21-24(22,17-7-2-1-3-8-17)19-15-9-12-23-18(13-15)10-11-20(14-18)16-5-4-6-16/h1-3,7-8,15-16,19H,4-6,9-14H2/t15-,18-/m0/s1. The molecule has 4 rings (SSSR count). The monoisotopic (exact) mass is 350 g/mol. The van der Waals surface area contributed by atoms with Gasteiger partial charge in [-0.25, -0.2) is 13.1 Å². The third-order valence-electron chi connectivity index (χ3n) is 5.81. The van der Waals surface area contributed by atoms with E-state index < -0.39 is 10.0 Å². The first-order chi connectivity index (χ1) is 11.6. The van der Waals surface area contributed by atoms with Gasteiger partial charge in [-0.05, 0) is 44.2 Å². The average molecular weight is 350 g/mol. The molecule has 24 heavy (non-hydrogen) atoms. The van der Waals surface area contributed by atoms with E-state index in [1.54, 1.807) is 24.3 Å². The lowest BCUT2D eigenvalue weighted by Crippen LogP contribution is -2.51. The minimum Gasteiger partial charge on any atom is -0.373 e. The summed E-state index contributed by atoms with van der Waals surface area (Å²) in [4.78, 5) is 2.89. The predicted octanol–water partition coefficient (Wildman–Crippen LogP) is 2.14. The number of nitrogens with one attached hydrogen (secondary N) is 1. The van der Waals surface area contributed by atoms with Gasteiger partial charge >= 0.3 is 0 Å². The summed E-state index contributed by atoms with van der Waals surface area (Å²) in [5.41, 5.74) is -0.155. The van der Waals surface area contributed by atoms with Gasteiger partial charge < -0.3 is 4.74 Å². The van der Waals surface area contributed by atoms with E-state index in [0.29, 0.717) is 11.5 Å². The van der Waals surface area contributed by atoms with E-state index in [1.807, 2.05) is 6.07 Å². The topological polar surface area (TPSA) is 58.6 Å². The van der Waals surface area contributed by atoms with Crippen molar-refractivity contribution in [3.05, 3.63) is 30.3 Å². The van der Waals surface area contributed by atoms with Gasteiger partial charge in [-0.15, -0.1) is 0 Å². The molecule has 6 heteroatoms. The van der Waals surface area contributed by atoms with Gasteiger partial charge in [-0.1, -0.05) is 24.6 Å². The predicted molar refractivity (Wildman–Crippen MR) is 92.3 cm³/mol. The van der Waals surface area contributed by atoms with Crippen molar-refractivity contribution in [3.63, 3.8) is 0 Å². The highest BCUT2D eigenvalue weighted by molar-refractivity contribution is 7.89. The molecule has 0 radical (unpaired) electrons. The van der Waals surface area contributed by atoms with Crippen LogP contribution < -0.4 is 4.72 Å². The lowest BCUT2D eigenvalue weighted by molar-refractivity contribution is -0.0808. The van der Waals surface area contributed by atoms with Crippen LogP contribution in [-0.4, -0.2) is 50.7 Å². The van der Waals surface area contributed by atoms with Crippen LogP contribution in [0.4, 0.5) is 0 Å². The van der Waals surface area contributed by atoms with Gasteiger partial charge in [0.05, 0.1) is 10.5 Å². The molecule has 0 bridgehead atoms. The smallest absolute Gasteiger partial charge is 0.240 e. The summed E-state index contributed by atoms with van der Waals surface area (Å²) in [6, 6.07) is 9.33. The van der Waals surface area contributed by atoms with E-state index in [2.05, 4.69) is 9.62 Å². The van der Waals surface area contributed by atoms with Crippen molar-refractivity contribution >= 4 is 10.0 Å². The van der Waals surface area contributed by atoms with Crippen LogP contribution in [0.15, 0.2) is 35.2 Å². The number of sulfonamides is 1. The van der Waals surface area contributed by atoms with Crippen LogP contribution >= 0.6 is 0 Å². The first kappa shape index (κ1) is 16.5. The number of likely N-dealkylation sites (tertiary alicyclic amines) is 1. The highest BCUT2D eigenvalue weighted by atomic mass is 32.2. The molecule has 0 unspecified atom stereocenters. The van der Waals surface area contributed by atoms with Gasteiger partial charge in [0.2, 0.25) is 10.0 Å². The molecular weight excluding hydrogens is 324 g/mol. The highest BCUT2D eigenvalue weighted by Crippen LogP contribution is 2.38. The maximum Gasteiger partial charge on any atom is 0.240 e. The minimum absolute atomic E-state index is 0.0368. The van der Waals surface area contributed by atoms with Crippen LogP contribution in [0, 0.1) is 0 Å². The maximum absolute atomic E-state index is 12.6. The third kappa shape index (κ3) is 3.25. The summed E-state index contributed by atoms with van der Waals surface area (Å²) < 4.78 is 34.2. The normalized spacial score (nSPS) is 32.1. The van der Waals surface area contributed by atoms with Crippen LogP contribution in [0.2, 0.25) is 0 Å². The van der Waals surface area contributed by atoms with E-state index in [9.17, 15) is 8.42 Å². The van der Waals surface area contributed by atoms with Crippen molar-refractivity contribution < 1.29 is 13.2 Å². The Morgan fingerprint density at radius 1 is 1.17 bits per heavy atom. The van der Waals surface area contributed by atoms with E-state index in [0.717, 1.165) is 38.4 Å². The van der Waals surface area contributed by atoms with Crippen molar-refractivity contribution in [2.24, 2.45) is 0 Å². The second kappa shape index (κ2) is 6.41. The Morgan fingerprint density at radius 2 is 1.96 bits per heavy atom. The maximum atomic E-state index is 12.6. The Kier molecular flexibility index (Phi) is 4.41. The Balaban J connectivity index is 1.42. The van der Waals surface area contributed by atoms with E-state index in [4.69, 9.17) is 4.74 Å². The van der Waals surface area contributed by atoms with Crippen molar-refractivity contribution in [2.75, 3.05) is 19.7 Å². The Bertz CT molecular complexity index is 675. The van der Waals surface area contributed by atoms with Crippen LogP contribution in [0.1, 0.15) is 38.5 Å². The Hall–Kier alpha value is -0.950. The van der Waals surface area contributed by atoms with Crippen LogP contribution in [0.5, 0.6) is 0 Å². The summed E-state index contributed by atoms with van der Waals surface area (Å²) >= 11 is 0. The average Bonchev–Trinajstić information content (AvgIpc) is 2.89. The second-order valence-electron chi connectivity index (χ2n) is 7.46. The summed E-state index contributed by atoms with van der Waals surface area (Å²) in [5.74, 6) is 0. The first-order valence-corrected chi connectivity index (χ1v) is 10.5. The second-order valence-corrected chi connectivity index (χ2v) is 9.17. The molecule has 2 atom stereocenters. The Labute approximate surface area is 144 Å². The van der Waals surface area contributed by atoms with Gasteiger partial charge in [0.1, 0.15) is 0 Å². The Morgan fingerprint density at radius 3 is 2.67 bits per heavy atom. The lowest BCUT2D eigenvalue weighted by Gasteiger charge is -2.40. The van der Waals surface area contributed by atoms with Crippen molar-refractivity contribution in [2.45, 2.75) is 61.1 Å². The zero-order valence-electron chi connectivity index (χ0n) is 14.0. The van der Waals surface area contributed by atoms with Crippen LogP contribution in [-0.2, 0) is 14.8 Å². The summed E-state index contributed by atoms with van der Waals surface area (Å²) in [6.45, 7) is 2.69. The molecule has 2 saturated heterocycles. The van der Waals surface area contributed by atoms with E-state index in [1.165, 1.54) is 19.3 Å². The summed E-state index contributed by atoms with van der Waals surface area (Å²) in [7, 11) is -3.45. The van der Waals surface area contributed by atoms with E-state index in [-0.39, 0.29) is 11.6 Å². The van der Waals surface area contributed by atoms with Crippen molar-refractivity contribution in [1.82, 2.24) is 9.62 Å². The number of nitrogens with zero attached hydrogens (tertiary/aromatic N) is 1. The number of ether oxygens (including phenoxy) is 1. The van der Waals surface area contributed by atoms with Gasteiger partial charge in [0.25, 0.3) is 0 Å². The zero-order valence-corrected chi connectivity index (χ0v) is 14.8. The number of hydrogen-bond acceptors (Lipinski definition) is 4. The molecule has 3 aliphatic rings. The van der Waals surface area contributed by atoms with Gasteiger partial charge in [0, 0.05) is 31.8 Å². The number of hydrogen-bond donors (Lipinski definition) is 1. The molecule has 1 saturated carbocycles. The molecule has 0 amide bonds. The fourth-order valence-electron chi connectivity index (χ4n) is 4.24. The molecule has 1 aromatic rings. The molecule has 1 spiro atoms. The highest BCUT2D eigenvalue weighted by Gasteiger charge is 2.46. The zero-order chi connectivity index (χ0) is 16.6. The molecule has 0 aromatic heterocycles. The molecule has 1 aliphatic carbocycles. The molecular formula is C18H26N2O3S. The largest absolute Gasteiger partial charge is 0.373 e. The first-order valence-electron chi connectivity index (χ1n) is 9.02. The third-order valence-corrected chi connectivity index (χ3v) is 7.34. The summed E-state index contributed by atoms with van der Waals surface area (Å²) in [5, 5.41) is 0. The fraction of sp³-hybridized carbons (Fsp3) is 0.667.